The summed E-state index contributed by atoms with van der Waals surface area (Å²) in [5.74, 6) is 0. The van der Waals surface area contributed by atoms with Crippen molar-refractivity contribution >= 4 is 11.8 Å². The minimum absolute atomic E-state index is 0.147. The highest BCUT2D eigenvalue weighted by molar-refractivity contribution is 7.99. The zero-order valence-electron chi connectivity index (χ0n) is 31.6. The number of hydrogen-bond acceptors (Lipinski definition) is 11. The van der Waals surface area contributed by atoms with Crippen LogP contribution in [-0.2, 0) is 59.6 Å². The molecule has 0 unspecified atom stereocenters. The summed E-state index contributed by atoms with van der Waals surface area (Å²) in [5, 5.41) is 33.0. The maximum Gasteiger partial charge on any atom is 0.187 e. The van der Waals surface area contributed by atoms with E-state index in [1.54, 1.807) is 0 Å². The summed E-state index contributed by atoms with van der Waals surface area (Å²) in [7, 11) is 0. The summed E-state index contributed by atoms with van der Waals surface area (Å²) in [4.78, 5) is 0.841. The molecule has 2 fully saturated rings. The van der Waals surface area contributed by atoms with Crippen molar-refractivity contribution in [3.05, 3.63) is 174 Å². The fourth-order valence-electron chi connectivity index (χ4n) is 6.86. The van der Waals surface area contributed by atoms with E-state index in [0.717, 1.165) is 27.1 Å². The van der Waals surface area contributed by atoms with Crippen molar-refractivity contribution in [2.75, 3.05) is 13.2 Å². The first-order valence-corrected chi connectivity index (χ1v) is 20.2. The van der Waals surface area contributed by atoms with E-state index in [1.807, 2.05) is 152 Å². The van der Waals surface area contributed by atoms with Gasteiger partial charge in [0.25, 0.3) is 0 Å². The Bertz CT molecular complexity index is 1860. The Morgan fingerprint density at radius 3 is 1.40 bits per heavy atom. The van der Waals surface area contributed by atoms with Gasteiger partial charge in [-0.15, -0.1) is 0 Å². The zero-order valence-corrected chi connectivity index (χ0v) is 32.4. The average molecular weight is 795 g/mol. The van der Waals surface area contributed by atoms with Gasteiger partial charge in [0.15, 0.2) is 6.29 Å². The molecule has 5 aromatic carbocycles. The summed E-state index contributed by atoms with van der Waals surface area (Å²) >= 11 is 1.26. The average Bonchev–Trinajstić information content (AvgIpc) is 3.26. The van der Waals surface area contributed by atoms with E-state index in [9.17, 15) is 15.3 Å². The number of rotatable bonds is 18. The number of benzene rings is 5. The molecule has 7 rings (SSSR count). The van der Waals surface area contributed by atoms with Gasteiger partial charge in [0.2, 0.25) is 0 Å². The van der Waals surface area contributed by atoms with Crippen molar-refractivity contribution in [3.63, 3.8) is 0 Å². The lowest BCUT2D eigenvalue weighted by Gasteiger charge is -2.46. The molecule has 0 spiro atoms. The van der Waals surface area contributed by atoms with Crippen LogP contribution in [0.25, 0.3) is 0 Å². The number of aliphatic hydroxyl groups is 3. The van der Waals surface area contributed by atoms with Gasteiger partial charge in [0.1, 0.15) is 54.3 Å². The standard InChI is InChI=1S/C46H50O10S/c47-39-37(56-46(41(49)40(39)48)57-36-24-14-5-15-25-36)31-54-45-44(53-29-35-22-12-4-13-23-35)43(52-28-34-20-10-3-11-21-34)42(51-27-33-18-8-2-9-19-33)38(55-45)30-50-26-32-16-6-1-7-17-32/h1-25,37-49H,26-31H2/t37-,38-,39+,40+,41-,42+,43+,44-,45+,46+/m1/s1. The molecule has 11 heteroatoms. The second kappa shape index (κ2) is 21.2. The van der Waals surface area contributed by atoms with Crippen LogP contribution in [0.15, 0.2) is 157 Å². The Morgan fingerprint density at radius 1 is 0.421 bits per heavy atom. The van der Waals surface area contributed by atoms with Gasteiger partial charge in [-0.3, -0.25) is 0 Å². The van der Waals surface area contributed by atoms with Crippen LogP contribution < -0.4 is 0 Å². The van der Waals surface area contributed by atoms with Gasteiger partial charge < -0.3 is 48.5 Å². The molecule has 5 aromatic rings. The van der Waals surface area contributed by atoms with E-state index in [0.29, 0.717) is 6.61 Å². The molecule has 3 N–H and O–H groups in total. The minimum Gasteiger partial charge on any atom is -0.387 e. The molecule has 0 amide bonds. The van der Waals surface area contributed by atoms with Gasteiger partial charge in [-0.25, -0.2) is 0 Å². The van der Waals surface area contributed by atoms with Crippen LogP contribution in [0.4, 0.5) is 0 Å². The molecule has 2 saturated heterocycles. The molecule has 0 aromatic heterocycles. The molecule has 2 heterocycles. The van der Waals surface area contributed by atoms with Crippen LogP contribution in [0.1, 0.15) is 22.3 Å². The van der Waals surface area contributed by atoms with Crippen molar-refractivity contribution in [1.82, 2.24) is 0 Å². The van der Waals surface area contributed by atoms with Crippen LogP contribution in [-0.4, -0.2) is 89.1 Å². The fourth-order valence-corrected chi connectivity index (χ4v) is 7.94. The third-order valence-corrected chi connectivity index (χ3v) is 11.1. The zero-order chi connectivity index (χ0) is 39.2. The lowest BCUT2D eigenvalue weighted by atomic mass is 9.97. The highest BCUT2D eigenvalue weighted by Crippen LogP contribution is 2.35. The Labute approximate surface area is 338 Å². The SMILES string of the molecule is O[C@H]1[C@@H](O)[C@@H](CO[C@H]2O[C@H](COCc3ccccc3)[C@H](OCc3ccccc3)[C@H](OCc3ccccc3)[C@H]2OCc2ccccc2)O[C@@H](Sc2ccccc2)[C@@H]1O. The van der Waals surface area contributed by atoms with Gasteiger partial charge in [-0.2, -0.15) is 0 Å². The Balaban J connectivity index is 1.17. The summed E-state index contributed by atoms with van der Waals surface area (Å²) < 4.78 is 46.1. The molecule has 10 atom stereocenters. The van der Waals surface area contributed by atoms with Gasteiger partial charge in [0.05, 0.1) is 39.6 Å². The predicted molar refractivity (Wildman–Crippen MR) is 215 cm³/mol. The third kappa shape index (κ3) is 11.6. The molecule has 0 saturated carbocycles. The van der Waals surface area contributed by atoms with Crippen molar-refractivity contribution in [2.45, 2.75) is 91.9 Å². The third-order valence-electron chi connectivity index (χ3n) is 9.93. The smallest absolute Gasteiger partial charge is 0.187 e. The van der Waals surface area contributed by atoms with Crippen molar-refractivity contribution < 1.29 is 48.5 Å². The monoisotopic (exact) mass is 794 g/mol. The van der Waals surface area contributed by atoms with Gasteiger partial charge in [0, 0.05) is 4.90 Å². The van der Waals surface area contributed by atoms with Crippen LogP contribution in [0.2, 0.25) is 0 Å². The molecule has 300 valence electrons. The number of aliphatic hydroxyl groups excluding tert-OH is 3. The number of thioether (sulfide) groups is 1. The number of ether oxygens (including phenoxy) is 7. The maximum atomic E-state index is 11.1. The fraction of sp³-hybridized carbons (Fsp3) is 0.348. The topological polar surface area (TPSA) is 125 Å². The molecule has 0 bridgehead atoms. The maximum absolute atomic E-state index is 11.1. The molecular weight excluding hydrogens is 745 g/mol. The largest absolute Gasteiger partial charge is 0.387 e. The first kappa shape index (κ1) is 41.2. The molecule has 2 aliphatic heterocycles. The van der Waals surface area contributed by atoms with Crippen molar-refractivity contribution in [1.29, 1.82) is 0 Å². The first-order chi connectivity index (χ1) is 28.0. The Hall–Kier alpha value is -3.95. The molecular formula is C46H50O10S. The second-order valence-corrected chi connectivity index (χ2v) is 15.3. The second-order valence-electron chi connectivity index (χ2n) is 14.1. The number of hydrogen-bond donors (Lipinski definition) is 3. The summed E-state index contributed by atoms with van der Waals surface area (Å²) in [6.07, 6.45) is -9.17. The van der Waals surface area contributed by atoms with Gasteiger partial charge in [-0.05, 0) is 34.4 Å². The predicted octanol–water partition coefficient (Wildman–Crippen LogP) is 6.30. The van der Waals surface area contributed by atoms with Crippen LogP contribution in [0, 0.1) is 0 Å². The van der Waals surface area contributed by atoms with Crippen LogP contribution in [0.3, 0.4) is 0 Å². The van der Waals surface area contributed by atoms with E-state index >= 15 is 0 Å². The van der Waals surface area contributed by atoms with Crippen LogP contribution >= 0.6 is 11.8 Å². The van der Waals surface area contributed by atoms with Gasteiger partial charge >= 0.3 is 0 Å². The molecule has 57 heavy (non-hydrogen) atoms. The van der Waals surface area contributed by atoms with E-state index in [4.69, 9.17) is 33.2 Å². The van der Waals surface area contributed by atoms with Crippen molar-refractivity contribution in [2.24, 2.45) is 0 Å². The molecule has 2 aliphatic rings. The Morgan fingerprint density at radius 2 is 0.877 bits per heavy atom. The quantitative estimate of drug-likeness (QED) is 0.0926. The highest BCUT2D eigenvalue weighted by Gasteiger charge is 2.50. The summed E-state index contributed by atoms with van der Waals surface area (Å²) in [6, 6.07) is 48.9. The molecule has 10 nitrogen and oxygen atoms in total. The van der Waals surface area contributed by atoms with E-state index in [1.165, 1.54) is 11.8 Å². The summed E-state index contributed by atoms with van der Waals surface area (Å²) in [5.41, 5.74) is 3.03. The van der Waals surface area contributed by atoms with E-state index in [-0.39, 0.29) is 33.0 Å². The minimum atomic E-state index is -1.47. The van der Waals surface area contributed by atoms with Crippen molar-refractivity contribution in [3.8, 4) is 0 Å². The lowest BCUT2D eigenvalue weighted by Crippen LogP contribution is -2.63. The lowest BCUT2D eigenvalue weighted by molar-refractivity contribution is -0.335. The van der Waals surface area contributed by atoms with Crippen LogP contribution in [0.5, 0.6) is 0 Å². The first-order valence-electron chi connectivity index (χ1n) is 19.3. The Kier molecular flexibility index (Phi) is 15.3. The highest BCUT2D eigenvalue weighted by atomic mass is 32.2. The molecule has 0 radical (unpaired) electrons. The van der Waals surface area contributed by atoms with E-state index in [2.05, 4.69) is 0 Å². The molecule has 0 aliphatic carbocycles. The van der Waals surface area contributed by atoms with E-state index < -0.39 is 60.6 Å². The van der Waals surface area contributed by atoms with Gasteiger partial charge in [-0.1, -0.05) is 151 Å². The normalized spacial score (nSPS) is 27.6. The summed E-state index contributed by atoms with van der Waals surface area (Å²) in [6.45, 7) is 1.08.